The Balaban J connectivity index is 1.51. The van der Waals surface area contributed by atoms with E-state index in [2.05, 4.69) is 9.88 Å². The number of amides is 1. The summed E-state index contributed by atoms with van der Waals surface area (Å²) in [5.41, 5.74) is 6.17. The van der Waals surface area contributed by atoms with Gasteiger partial charge in [-0.2, -0.15) is 0 Å². The quantitative estimate of drug-likeness (QED) is 0.885. The second-order valence-electron chi connectivity index (χ2n) is 7.12. The molecule has 1 saturated heterocycles. The van der Waals surface area contributed by atoms with Gasteiger partial charge >= 0.3 is 0 Å². The van der Waals surface area contributed by atoms with E-state index < -0.39 is 0 Å². The highest BCUT2D eigenvalue weighted by Crippen LogP contribution is 2.25. The molecule has 0 atom stereocenters. The standard InChI is InChI=1S/C18H30N4OS/c19-8-7-17-20-16(14-24-17)18(23)22-10-4-9-21(11-12-22)13-15-5-2-1-3-6-15/h14-15H,1-13,19H2. The number of rotatable bonds is 5. The summed E-state index contributed by atoms with van der Waals surface area (Å²) in [6.07, 6.45) is 8.82. The zero-order valence-electron chi connectivity index (χ0n) is 14.6. The molecule has 2 N–H and O–H groups in total. The van der Waals surface area contributed by atoms with Crippen LogP contribution >= 0.6 is 11.3 Å². The Labute approximate surface area is 149 Å². The molecule has 1 aliphatic carbocycles. The summed E-state index contributed by atoms with van der Waals surface area (Å²) in [5, 5.41) is 2.85. The summed E-state index contributed by atoms with van der Waals surface area (Å²) in [6, 6.07) is 0. The summed E-state index contributed by atoms with van der Waals surface area (Å²) in [5.74, 6) is 0.965. The summed E-state index contributed by atoms with van der Waals surface area (Å²) in [4.78, 5) is 21.7. The topological polar surface area (TPSA) is 62.5 Å². The minimum atomic E-state index is 0.0917. The molecule has 0 bridgehead atoms. The van der Waals surface area contributed by atoms with Crippen molar-refractivity contribution in [3.63, 3.8) is 0 Å². The summed E-state index contributed by atoms with van der Waals surface area (Å²) in [6.45, 7) is 5.61. The third-order valence-electron chi connectivity index (χ3n) is 5.25. The van der Waals surface area contributed by atoms with Gasteiger partial charge in [0.2, 0.25) is 0 Å². The SMILES string of the molecule is NCCc1nc(C(=O)N2CCCN(CC3CCCCC3)CC2)cs1. The molecule has 1 amide bonds. The fourth-order valence-electron chi connectivity index (χ4n) is 3.90. The maximum absolute atomic E-state index is 12.7. The van der Waals surface area contributed by atoms with Crippen molar-refractivity contribution in [1.82, 2.24) is 14.8 Å². The number of hydrogen-bond acceptors (Lipinski definition) is 5. The maximum Gasteiger partial charge on any atom is 0.273 e. The van der Waals surface area contributed by atoms with Crippen LogP contribution in [0.15, 0.2) is 5.38 Å². The molecule has 2 heterocycles. The monoisotopic (exact) mass is 350 g/mol. The fraction of sp³-hybridized carbons (Fsp3) is 0.778. The van der Waals surface area contributed by atoms with E-state index >= 15 is 0 Å². The van der Waals surface area contributed by atoms with E-state index in [4.69, 9.17) is 5.73 Å². The molecule has 24 heavy (non-hydrogen) atoms. The first-order chi connectivity index (χ1) is 11.8. The van der Waals surface area contributed by atoms with Crippen LogP contribution in [-0.4, -0.2) is 60.0 Å². The van der Waals surface area contributed by atoms with E-state index in [9.17, 15) is 4.79 Å². The lowest BCUT2D eigenvalue weighted by Gasteiger charge is -2.28. The second kappa shape index (κ2) is 8.92. The molecule has 1 aliphatic heterocycles. The number of carbonyl (C=O) groups is 1. The van der Waals surface area contributed by atoms with E-state index in [1.165, 1.54) is 38.6 Å². The van der Waals surface area contributed by atoms with Gasteiger partial charge in [-0.15, -0.1) is 11.3 Å². The van der Waals surface area contributed by atoms with Crippen LogP contribution < -0.4 is 5.73 Å². The lowest BCUT2D eigenvalue weighted by Crippen LogP contribution is -2.37. The highest BCUT2D eigenvalue weighted by atomic mass is 32.1. The van der Waals surface area contributed by atoms with E-state index in [0.29, 0.717) is 12.2 Å². The van der Waals surface area contributed by atoms with Crippen LogP contribution in [0, 0.1) is 5.92 Å². The van der Waals surface area contributed by atoms with E-state index in [1.54, 1.807) is 11.3 Å². The molecule has 1 aromatic heterocycles. The Morgan fingerprint density at radius 3 is 2.79 bits per heavy atom. The molecule has 3 rings (SSSR count). The molecule has 0 spiro atoms. The number of thiazole rings is 1. The molecule has 6 heteroatoms. The average molecular weight is 351 g/mol. The van der Waals surface area contributed by atoms with Crippen molar-refractivity contribution in [2.45, 2.75) is 44.9 Å². The van der Waals surface area contributed by atoms with Crippen molar-refractivity contribution in [2.24, 2.45) is 11.7 Å². The van der Waals surface area contributed by atoms with Gasteiger partial charge in [0.25, 0.3) is 5.91 Å². The van der Waals surface area contributed by atoms with Crippen LogP contribution in [-0.2, 0) is 6.42 Å². The molecule has 0 radical (unpaired) electrons. The van der Waals surface area contributed by atoms with Gasteiger partial charge in [0.05, 0.1) is 5.01 Å². The van der Waals surface area contributed by atoms with Crippen molar-refractivity contribution in [1.29, 1.82) is 0 Å². The second-order valence-corrected chi connectivity index (χ2v) is 8.06. The van der Waals surface area contributed by atoms with Gasteiger partial charge < -0.3 is 15.5 Å². The van der Waals surface area contributed by atoms with E-state index in [0.717, 1.165) is 49.9 Å². The zero-order valence-corrected chi connectivity index (χ0v) is 15.4. The normalized spacial score (nSPS) is 21.0. The third kappa shape index (κ3) is 4.77. The van der Waals surface area contributed by atoms with Crippen molar-refractivity contribution < 1.29 is 4.79 Å². The van der Waals surface area contributed by atoms with Gasteiger partial charge in [-0.1, -0.05) is 19.3 Å². The van der Waals surface area contributed by atoms with Crippen molar-refractivity contribution >= 4 is 17.2 Å². The molecule has 0 aromatic carbocycles. The number of hydrogen-bond donors (Lipinski definition) is 1. The highest BCUT2D eigenvalue weighted by molar-refractivity contribution is 7.09. The van der Waals surface area contributed by atoms with Crippen LogP contribution in [0.1, 0.15) is 54.0 Å². The molecule has 2 aliphatic rings. The van der Waals surface area contributed by atoms with Gasteiger partial charge in [0.1, 0.15) is 5.69 Å². The Hall–Kier alpha value is -0.980. The van der Waals surface area contributed by atoms with Crippen molar-refractivity contribution in [3.05, 3.63) is 16.1 Å². The Morgan fingerprint density at radius 1 is 1.17 bits per heavy atom. The van der Waals surface area contributed by atoms with Crippen molar-refractivity contribution in [3.8, 4) is 0 Å². The predicted molar refractivity (Wildman–Crippen MR) is 98.4 cm³/mol. The molecule has 0 unspecified atom stereocenters. The zero-order chi connectivity index (χ0) is 16.8. The average Bonchev–Trinajstić information content (AvgIpc) is 2.94. The summed E-state index contributed by atoms with van der Waals surface area (Å²) >= 11 is 1.55. The minimum absolute atomic E-state index is 0.0917. The van der Waals surface area contributed by atoms with Gasteiger partial charge in [-0.3, -0.25) is 4.79 Å². The summed E-state index contributed by atoms with van der Waals surface area (Å²) < 4.78 is 0. The lowest BCUT2D eigenvalue weighted by atomic mass is 9.89. The van der Waals surface area contributed by atoms with Crippen LogP contribution in [0.25, 0.3) is 0 Å². The number of nitrogens with zero attached hydrogens (tertiary/aromatic N) is 3. The van der Waals surface area contributed by atoms with Crippen molar-refractivity contribution in [2.75, 3.05) is 39.3 Å². The lowest BCUT2D eigenvalue weighted by molar-refractivity contribution is 0.0754. The van der Waals surface area contributed by atoms with Gasteiger partial charge in [0, 0.05) is 38.0 Å². The Bertz CT molecular complexity index is 527. The molecular weight excluding hydrogens is 320 g/mol. The van der Waals surface area contributed by atoms with Gasteiger partial charge in [-0.25, -0.2) is 4.98 Å². The summed E-state index contributed by atoms with van der Waals surface area (Å²) in [7, 11) is 0. The molecular formula is C18H30N4OS. The highest BCUT2D eigenvalue weighted by Gasteiger charge is 2.24. The Morgan fingerprint density at radius 2 is 2.00 bits per heavy atom. The molecule has 1 saturated carbocycles. The first kappa shape index (κ1) is 17.8. The molecule has 2 fully saturated rings. The van der Waals surface area contributed by atoms with Crippen LogP contribution in [0.3, 0.4) is 0 Å². The third-order valence-corrected chi connectivity index (χ3v) is 6.15. The van der Waals surface area contributed by atoms with Crippen LogP contribution in [0.2, 0.25) is 0 Å². The first-order valence-corrected chi connectivity index (χ1v) is 10.3. The predicted octanol–water partition coefficient (Wildman–Crippen LogP) is 2.37. The van der Waals surface area contributed by atoms with E-state index in [1.807, 2.05) is 10.3 Å². The number of carbonyl (C=O) groups excluding carboxylic acids is 1. The van der Waals surface area contributed by atoms with Crippen LogP contribution in [0.4, 0.5) is 0 Å². The van der Waals surface area contributed by atoms with E-state index in [-0.39, 0.29) is 5.91 Å². The molecule has 1 aromatic rings. The minimum Gasteiger partial charge on any atom is -0.336 e. The molecule has 5 nitrogen and oxygen atoms in total. The maximum atomic E-state index is 12.7. The number of nitrogens with two attached hydrogens (primary N) is 1. The van der Waals surface area contributed by atoms with Gasteiger partial charge in [0.15, 0.2) is 0 Å². The van der Waals surface area contributed by atoms with Gasteiger partial charge in [-0.05, 0) is 38.3 Å². The largest absolute Gasteiger partial charge is 0.336 e. The first-order valence-electron chi connectivity index (χ1n) is 9.42. The molecule has 134 valence electrons. The number of aromatic nitrogens is 1. The smallest absolute Gasteiger partial charge is 0.273 e. The fourth-order valence-corrected chi connectivity index (χ4v) is 4.69. The van der Waals surface area contributed by atoms with Crippen LogP contribution in [0.5, 0.6) is 0 Å². The Kier molecular flexibility index (Phi) is 6.63.